The molecule has 6 nitrogen and oxygen atoms in total. The zero-order valence-electron chi connectivity index (χ0n) is 80.8. The van der Waals surface area contributed by atoms with Crippen LogP contribution in [0.2, 0.25) is 0 Å². The lowest BCUT2D eigenvalue weighted by Gasteiger charge is -2.35. The summed E-state index contributed by atoms with van der Waals surface area (Å²) in [6.45, 7) is 0.0465. The van der Waals surface area contributed by atoms with Gasteiger partial charge in [-0.05, 0) is 191 Å². The van der Waals surface area contributed by atoms with Gasteiger partial charge in [0.2, 0.25) is 0 Å². The van der Waals surface area contributed by atoms with Crippen molar-refractivity contribution in [1.29, 1.82) is 0 Å². The van der Waals surface area contributed by atoms with Gasteiger partial charge in [-0.2, -0.15) is 0 Å². The largest absolute Gasteiger partial charge is 0.458 e. The highest BCUT2D eigenvalue weighted by Crippen LogP contribution is 2.48. The number of aromatic nitrogens is 4. The Hall–Kier alpha value is -11.9. The van der Waals surface area contributed by atoms with Crippen molar-refractivity contribution in [3.8, 4) is 84.3 Å². The van der Waals surface area contributed by atoms with Gasteiger partial charge in [0, 0.05) is 42.0 Å². The first-order valence-corrected chi connectivity index (χ1v) is 33.0. The molecule has 0 fully saturated rings. The SMILES string of the molecule is [2H]c1c([2H])c([2H])c([Si](c2cc3c4c(c2)n(-c2cccc(Oc5ccc6c7ccccc7n(-c7cc(C(C)(C)C)ccn7)c6c5)c2)[c-][n+]4-c2c(-c4ccc5oc6ccccc6c5c4)cc(-c4c(C([2H])([2H])[2H])cccc4C([2H])([2H])[2H])cc2-c2c([2H])c([2H])c([2H])c([2H])c2-c2c([2H])c([2H])c([2H])c([2H])c2-3)(c2c([2H])c([2H])c([2H])c([2H])c2[2H])c2c([2H])c([2H])c([2H])c([2H])c2[2H])c([2H])c1[2H]. The van der Waals surface area contributed by atoms with E-state index in [0.717, 1.165) is 27.9 Å². The molecule has 0 aliphatic carbocycles. The van der Waals surface area contributed by atoms with E-state index in [1.54, 1.807) is 79.0 Å². The molecule has 0 unspecified atom stereocenters. The predicted molar refractivity (Wildman–Crippen MR) is 402 cm³/mol. The molecule has 0 bridgehead atoms. The van der Waals surface area contributed by atoms with E-state index in [1.165, 1.54) is 45.5 Å². The fourth-order valence-electron chi connectivity index (χ4n) is 13.8. The van der Waals surface area contributed by atoms with Crippen molar-refractivity contribution in [1.82, 2.24) is 14.1 Å². The fourth-order valence-corrected chi connectivity index (χ4v) is 17.6. The van der Waals surface area contributed by atoms with E-state index in [9.17, 15) is 27.4 Å². The van der Waals surface area contributed by atoms with Gasteiger partial charge < -0.3 is 9.15 Å². The van der Waals surface area contributed by atoms with Crippen LogP contribution in [0.25, 0.3) is 128 Å². The number of ether oxygens (including phenoxy) is 1. The quantitative estimate of drug-likeness (QED) is 0.0593. The van der Waals surface area contributed by atoms with Crippen molar-refractivity contribution < 1.29 is 53.5 Å². The molecule has 0 saturated heterocycles. The smallest absolute Gasteiger partial charge is 0.269 e. The Morgan fingerprint density at radius 1 is 0.464 bits per heavy atom. The number of rotatable bonds is 10. The number of benzene rings is 13. The molecular formula is C90H66N4O2Si. The van der Waals surface area contributed by atoms with Crippen LogP contribution >= 0.6 is 0 Å². The summed E-state index contributed by atoms with van der Waals surface area (Å²) in [5.74, 6) is 0.972. The highest BCUT2D eigenvalue weighted by Gasteiger charge is 2.43. The Balaban J connectivity index is 1.09. The average Bonchev–Trinajstić information content (AvgIpc) is 1.29. The predicted octanol–water partition coefficient (Wildman–Crippen LogP) is 19.8. The van der Waals surface area contributed by atoms with Gasteiger partial charge in [0.05, 0.1) is 65.0 Å². The van der Waals surface area contributed by atoms with Gasteiger partial charge in [-0.1, -0.05) is 239 Å². The van der Waals surface area contributed by atoms with Crippen LogP contribution in [0.5, 0.6) is 11.5 Å². The first-order chi connectivity index (χ1) is 59.5. The lowest BCUT2D eigenvalue weighted by molar-refractivity contribution is -0.570. The van der Waals surface area contributed by atoms with Crippen LogP contribution in [-0.2, 0) is 5.41 Å². The third-order valence-electron chi connectivity index (χ3n) is 18.1. The van der Waals surface area contributed by atoms with Crippen LogP contribution in [0.1, 0.15) is 77.2 Å². The van der Waals surface area contributed by atoms with Gasteiger partial charge in [0.25, 0.3) is 6.33 Å². The van der Waals surface area contributed by atoms with Crippen LogP contribution in [0.4, 0.5) is 0 Å². The summed E-state index contributed by atoms with van der Waals surface area (Å²) in [6, 6.07) is 20.0. The molecule has 462 valence electrons. The number of pyridine rings is 1. The number of para-hydroxylation sites is 2. The van der Waals surface area contributed by atoms with Gasteiger partial charge in [-0.3, -0.25) is 13.7 Å². The van der Waals surface area contributed by atoms with Crippen molar-refractivity contribution in [2.45, 2.75) is 39.9 Å². The Morgan fingerprint density at radius 3 is 1.75 bits per heavy atom. The topological polar surface area (TPSA) is 49.0 Å². The molecule has 17 aromatic rings. The van der Waals surface area contributed by atoms with E-state index < -0.39 is 220 Å². The van der Waals surface area contributed by atoms with Gasteiger partial charge in [-0.25, -0.2) is 4.98 Å². The second-order valence-electron chi connectivity index (χ2n) is 24.7. The van der Waals surface area contributed by atoms with Gasteiger partial charge in [0.15, 0.2) is 8.07 Å². The lowest BCUT2D eigenvalue weighted by Crippen LogP contribution is -2.74. The maximum atomic E-state index is 10.6. The van der Waals surface area contributed by atoms with Crippen molar-refractivity contribution >= 4 is 83.6 Å². The molecule has 1 aliphatic heterocycles. The third kappa shape index (κ3) is 9.36. The molecule has 0 spiro atoms. The molecule has 4 aromatic heterocycles. The minimum Gasteiger partial charge on any atom is -0.458 e. The lowest BCUT2D eigenvalue weighted by atomic mass is 9.85. The van der Waals surface area contributed by atoms with E-state index in [1.807, 2.05) is 53.1 Å². The number of imidazole rings is 1. The maximum Gasteiger partial charge on any atom is 0.269 e. The minimum absolute atomic E-state index is 0.0305. The number of hydrogen-bond acceptors (Lipinski definition) is 3. The summed E-state index contributed by atoms with van der Waals surface area (Å²) in [6.07, 6.45) is 5.26. The van der Waals surface area contributed by atoms with Crippen molar-refractivity contribution in [2.24, 2.45) is 0 Å². The van der Waals surface area contributed by atoms with Crippen molar-refractivity contribution in [3.63, 3.8) is 0 Å². The Labute approximate surface area is 605 Å². The molecule has 0 amide bonds. The Bertz CT molecular complexity index is 7430. The van der Waals surface area contributed by atoms with E-state index in [2.05, 4.69) is 27.1 Å². The summed E-state index contributed by atoms with van der Waals surface area (Å²) >= 11 is 0. The summed E-state index contributed by atoms with van der Waals surface area (Å²) in [7, 11) is -6.39. The third-order valence-corrected chi connectivity index (χ3v) is 22.3. The Morgan fingerprint density at radius 2 is 1.06 bits per heavy atom. The number of nitrogens with zero attached hydrogens (tertiary/aromatic N) is 4. The second kappa shape index (κ2) is 22.7. The van der Waals surface area contributed by atoms with Crippen molar-refractivity contribution in [3.05, 3.63) is 332 Å². The normalized spacial score (nSPS) is 16.7. The number of aryl methyl sites for hydroxylation is 2. The number of hydrogen-bond donors (Lipinski definition) is 0. The monoisotopic (exact) mass is 1290 g/mol. The summed E-state index contributed by atoms with van der Waals surface area (Å²) in [5.41, 5.74) is -2.56. The molecule has 7 heteroatoms. The van der Waals surface area contributed by atoms with E-state index in [-0.39, 0.29) is 67.1 Å². The number of furan rings is 1. The molecule has 0 radical (unpaired) electrons. The van der Waals surface area contributed by atoms with Gasteiger partial charge >= 0.3 is 0 Å². The summed E-state index contributed by atoms with van der Waals surface area (Å²) in [5, 5.41) is -0.685. The Kier molecular flexibility index (Phi) is 8.18. The first-order valence-electron chi connectivity index (χ1n) is 45.5. The van der Waals surface area contributed by atoms with Crippen LogP contribution in [0.3, 0.4) is 0 Å². The van der Waals surface area contributed by atoms with E-state index in [0.29, 0.717) is 33.3 Å². The molecule has 1 aliphatic rings. The van der Waals surface area contributed by atoms with Crippen LogP contribution < -0.4 is 30.1 Å². The zero-order valence-corrected chi connectivity index (χ0v) is 52.8. The van der Waals surface area contributed by atoms with Gasteiger partial charge in [-0.15, -0.1) is 0 Å². The average molecular weight is 1290 g/mol. The van der Waals surface area contributed by atoms with Gasteiger partial charge in [0.1, 0.15) is 28.5 Å². The molecule has 0 N–H and O–H groups in total. The van der Waals surface area contributed by atoms with E-state index >= 15 is 0 Å². The molecule has 5 heterocycles. The molecular weight excluding hydrogens is 1200 g/mol. The fraction of sp³-hybridized carbons (Fsp3) is 0.0667. The zero-order chi connectivity index (χ0) is 90.1. The maximum absolute atomic E-state index is 10.6. The number of fused-ring (bicyclic) bond motifs is 13. The molecule has 0 saturated carbocycles. The minimum atomic E-state index is -6.39. The van der Waals surface area contributed by atoms with Crippen LogP contribution in [0, 0.1) is 20.0 Å². The second-order valence-corrected chi connectivity index (χ2v) is 28.2. The summed E-state index contributed by atoms with van der Waals surface area (Å²) in [4.78, 5) is 4.88. The highest BCUT2D eigenvalue weighted by molar-refractivity contribution is 7.20. The van der Waals surface area contributed by atoms with E-state index in [4.69, 9.17) is 26.5 Å². The summed E-state index contributed by atoms with van der Waals surface area (Å²) < 4.78 is 300. The molecule has 97 heavy (non-hydrogen) atoms. The standard InChI is InChI=1S/C90H66N4O2Si/c1-58-25-23-26-59(2)87(58)61-50-77(60-43-46-85-78(49-60)76-40-20-22-42-84(76)96-85)88-79(51-61)72-37-17-15-35-70(72)71-36-16-18-38-73(71)80-55-69(97(66-29-9-6-10-30-66,67-31-11-7-12-32-67)68-33-13-8-14-34-68)56-83-89(80)93(88)57-92(83)63-27-24-28-64(53-63)95-65-44-45-75-74-39-19-21-41-81(74)94(82(75)54-65)86-52-62(47-48-91-86)90(3,4)5/h6-56H,1-5H3/i1D3,2D3,6D,7D,8D,9D,10D,11D,12D,13D,14D,15D,16D,17D,18D,29D,30D,31D,32D,33D,34D,35D,36D,37D,38D. The van der Waals surface area contributed by atoms with Crippen LogP contribution in [-0.4, -0.2) is 22.2 Å². The molecule has 13 aromatic carbocycles. The highest BCUT2D eigenvalue weighted by atomic mass is 28.3. The first kappa shape index (κ1) is 35.0. The molecule has 18 rings (SSSR count). The molecule has 0 atom stereocenters. The van der Waals surface area contributed by atoms with Crippen molar-refractivity contribution in [2.75, 3.05) is 0 Å². The van der Waals surface area contributed by atoms with Crippen LogP contribution in [0.15, 0.2) is 313 Å².